The Morgan fingerprint density at radius 3 is 2.20 bits per heavy atom. The van der Waals surface area contributed by atoms with E-state index in [1.165, 1.54) is 6.42 Å². The maximum absolute atomic E-state index is 12.8. The van der Waals surface area contributed by atoms with Gasteiger partial charge >= 0.3 is 0 Å². The van der Waals surface area contributed by atoms with Gasteiger partial charge in [-0.1, -0.05) is 6.42 Å². The Hall–Kier alpha value is -0.420. The number of halogens is 3. The molecule has 3 fully saturated rings. The molecule has 0 spiro atoms. The van der Waals surface area contributed by atoms with E-state index in [4.69, 9.17) is 5.73 Å². The zero-order chi connectivity index (χ0) is 13.6. The molecular weight excluding hydrogens is 286 g/mol. The molecule has 3 N–H and O–H groups in total. The summed E-state index contributed by atoms with van der Waals surface area (Å²) in [6, 6.07) is 0.423. The molecule has 3 saturated carbocycles. The van der Waals surface area contributed by atoms with E-state index in [1.807, 2.05) is 0 Å². The monoisotopic (exact) mass is 308 g/mol. The fourth-order valence-electron chi connectivity index (χ4n) is 4.15. The van der Waals surface area contributed by atoms with Crippen molar-refractivity contribution in [2.24, 2.45) is 23.5 Å². The Kier molecular flexibility index (Phi) is 4.59. The Balaban J connectivity index is 0.00000147. The third-order valence-electron chi connectivity index (χ3n) is 5.15. The van der Waals surface area contributed by atoms with Crippen molar-refractivity contribution in [3.05, 3.63) is 0 Å². The highest BCUT2D eigenvalue weighted by Crippen LogP contribution is 2.44. The van der Waals surface area contributed by atoms with Crippen LogP contribution in [0.4, 0.5) is 8.78 Å². The molecular formula is C14H23ClF2N2O. The van der Waals surface area contributed by atoms with Gasteiger partial charge in [-0.05, 0) is 37.5 Å². The van der Waals surface area contributed by atoms with Crippen LogP contribution in [0.1, 0.15) is 44.9 Å². The summed E-state index contributed by atoms with van der Waals surface area (Å²) in [4.78, 5) is 12.0. The first-order valence-corrected chi connectivity index (χ1v) is 7.38. The molecule has 3 nitrogen and oxygen atoms in total. The van der Waals surface area contributed by atoms with Gasteiger partial charge in [-0.25, -0.2) is 8.78 Å². The number of rotatable bonds is 2. The first-order valence-electron chi connectivity index (χ1n) is 7.38. The number of amides is 1. The predicted octanol–water partition coefficient (Wildman–Crippen LogP) is 2.48. The molecule has 6 heteroatoms. The molecule has 3 aliphatic rings. The molecule has 116 valence electrons. The maximum atomic E-state index is 12.8. The average molecular weight is 309 g/mol. The molecule has 1 amide bonds. The average Bonchev–Trinajstić information content (AvgIpc) is 2.27. The number of nitrogens with one attached hydrogen (secondary N) is 1. The van der Waals surface area contributed by atoms with Gasteiger partial charge in [-0.15, -0.1) is 12.4 Å². The molecule has 3 aliphatic carbocycles. The van der Waals surface area contributed by atoms with Crippen LogP contribution < -0.4 is 11.1 Å². The van der Waals surface area contributed by atoms with E-state index in [-0.39, 0.29) is 43.2 Å². The van der Waals surface area contributed by atoms with Gasteiger partial charge in [0.25, 0.3) is 0 Å². The van der Waals surface area contributed by atoms with Crippen molar-refractivity contribution >= 4 is 18.3 Å². The van der Waals surface area contributed by atoms with Gasteiger partial charge in [0.2, 0.25) is 11.8 Å². The number of hydrogen-bond donors (Lipinski definition) is 2. The summed E-state index contributed by atoms with van der Waals surface area (Å²) in [5.74, 6) is -2.36. The molecule has 20 heavy (non-hydrogen) atoms. The van der Waals surface area contributed by atoms with E-state index in [0.717, 1.165) is 25.7 Å². The van der Waals surface area contributed by atoms with Crippen LogP contribution in [0, 0.1) is 17.8 Å². The fraction of sp³-hybridized carbons (Fsp3) is 0.929. The van der Waals surface area contributed by atoms with Crippen molar-refractivity contribution < 1.29 is 13.6 Å². The highest BCUT2D eigenvalue weighted by Gasteiger charge is 2.50. The molecule has 2 atom stereocenters. The second kappa shape index (κ2) is 5.76. The number of alkyl halides is 2. The van der Waals surface area contributed by atoms with E-state index < -0.39 is 11.8 Å². The number of carbonyl (C=O) groups is 1. The van der Waals surface area contributed by atoms with E-state index >= 15 is 0 Å². The summed E-state index contributed by atoms with van der Waals surface area (Å²) in [5.41, 5.74) is 6.04. The fourth-order valence-corrected chi connectivity index (χ4v) is 4.15. The lowest BCUT2D eigenvalue weighted by atomic mass is 9.66. The van der Waals surface area contributed by atoms with Crippen LogP contribution in [0.3, 0.4) is 0 Å². The quantitative estimate of drug-likeness (QED) is 0.823. The largest absolute Gasteiger partial charge is 0.353 e. The van der Waals surface area contributed by atoms with Crippen LogP contribution in [-0.4, -0.2) is 23.9 Å². The standard InChI is InChI=1S/C14H22F2N2O.ClH/c15-14(16)6-10(7-14)13(19)18-12-8-2-1-3-9(12)5-11(17)4-8;/h8-12H,1-7,17H2,(H,18,19);1H. The molecule has 0 aromatic rings. The van der Waals surface area contributed by atoms with Crippen molar-refractivity contribution in [3.63, 3.8) is 0 Å². The van der Waals surface area contributed by atoms with Gasteiger partial charge in [0.15, 0.2) is 0 Å². The molecule has 3 rings (SSSR count). The molecule has 2 unspecified atom stereocenters. The van der Waals surface area contributed by atoms with Gasteiger partial charge in [0.05, 0.1) is 0 Å². The lowest BCUT2D eigenvalue weighted by Crippen LogP contribution is -2.56. The third kappa shape index (κ3) is 3.08. The van der Waals surface area contributed by atoms with Gasteiger partial charge in [-0.2, -0.15) is 0 Å². The highest BCUT2D eigenvalue weighted by molar-refractivity contribution is 5.85. The van der Waals surface area contributed by atoms with E-state index in [1.54, 1.807) is 0 Å². The second-order valence-corrected chi connectivity index (χ2v) is 6.68. The lowest BCUT2D eigenvalue weighted by molar-refractivity contribution is -0.152. The minimum absolute atomic E-state index is 0. The Morgan fingerprint density at radius 1 is 1.15 bits per heavy atom. The second-order valence-electron chi connectivity index (χ2n) is 6.68. The topological polar surface area (TPSA) is 55.1 Å². The zero-order valence-corrected chi connectivity index (χ0v) is 12.3. The third-order valence-corrected chi connectivity index (χ3v) is 5.15. The zero-order valence-electron chi connectivity index (χ0n) is 11.5. The van der Waals surface area contributed by atoms with E-state index in [9.17, 15) is 13.6 Å². The van der Waals surface area contributed by atoms with Crippen molar-refractivity contribution in [1.29, 1.82) is 0 Å². The van der Waals surface area contributed by atoms with E-state index in [0.29, 0.717) is 11.8 Å². The van der Waals surface area contributed by atoms with Crippen LogP contribution in [0.5, 0.6) is 0 Å². The molecule has 0 heterocycles. The molecule has 2 bridgehead atoms. The smallest absolute Gasteiger partial charge is 0.249 e. The number of hydrogen-bond acceptors (Lipinski definition) is 2. The molecule has 0 saturated heterocycles. The summed E-state index contributed by atoms with van der Waals surface area (Å²) in [6.45, 7) is 0. The van der Waals surface area contributed by atoms with Crippen LogP contribution in [0.15, 0.2) is 0 Å². The van der Waals surface area contributed by atoms with Gasteiger partial charge in [-0.3, -0.25) is 4.79 Å². The first-order chi connectivity index (χ1) is 8.94. The lowest BCUT2D eigenvalue weighted by Gasteiger charge is -2.46. The van der Waals surface area contributed by atoms with Crippen molar-refractivity contribution in [3.8, 4) is 0 Å². The summed E-state index contributed by atoms with van der Waals surface area (Å²) in [5, 5.41) is 3.05. The van der Waals surface area contributed by atoms with Crippen LogP contribution in [0.25, 0.3) is 0 Å². The van der Waals surface area contributed by atoms with Crippen molar-refractivity contribution in [1.82, 2.24) is 5.32 Å². The summed E-state index contributed by atoms with van der Waals surface area (Å²) < 4.78 is 25.6. The maximum Gasteiger partial charge on any atom is 0.249 e. The van der Waals surface area contributed by atoms with E-state index in [2.05, 4.69) is 5.32 Å². The number of carbonyl (C=O) groups excluding carboxylic acids is 1. The predicted molar refractivity (Wildman–Crippen MR) is 74.9 cm³/mol. The van der Waals surface area contributed by atoms with Gasteiger partial charge < -0.3 is 11.1 Å². The summed E-state index contributed by atoms with van der Waals surface area (Å²) in [6.07, 6.45) is 4.78. The van der Waals surface area contributed by atoms with Gasteiger partial charge in [0.1, 0.15) is 0 Å². The highest BCUT2D eigenvalue weighted by atomic mass is 35.5. The normalized spacial score (nSPS) is 39.4. The van der Waals surface area contributed by atoms with Crippen molar-refractivity contribution in [2.75, 3.05) is 0 Å². The summed E-state index contributed by atoms with van der Waals surface area (Å²) >= 11 is 0. The van der Waals surface area contributed by atoms with Crippen molar-refractivity contribution in [2.45, 2.75) is 63.0 Å². The minimum Gasteiger partial charge on any atom is -0.353 e. The summed E-state index contributed by atoms with van der Waals surface area (Å²) in [7, 11) is 0. The van der Waals surface area contributed by atoms with Crippen LogP contribution in [0.2, 0.25) is 0 Å². The molecule has 0 aromatic carbocycles. The Bertz CT molecular complexity index is 358. The molecule has 0 aliphatic heterocycles. The Labute approximate surface area is 124 Å². The minimum atomic E-state index is -2.62. The van der Waals surface area contributed by atoms with Gasteiger partial charge in [0, 0.05) is 30.8 Å². The number of fused-ring (bicyclic) bond motifs is 2. The Morgan fingerprint density at radius 2 is 1.70 bits per heavy atom. The SMILES string of the molecule is Cl.NC1CC2CCCC(C1)C2NC(=O)C1CC(F)(F)C1. The van der Waals surface area contributed by atoms with Crippen LogP contribution in [-0.2, 0) is 4.79 Å². The number of nitrogens with two attached hydrogens (primary N) is 1. The first kappa shape index (κ1) is 16.0. The van der Waals surface area contributed by atoms with Crippen LogP contribution >= 0.6 is 12.4 Å². The molecule has 0 radical (unpaired) electrons. The molecule has 0 aromatic heterocycles.